The van der Waals surface area contributed by atoms with E-state index in [0.717, 1.165) is 56.0 Å². The predicted molar refractivity (Wildman–Crippen MR) is 97.3 cm³/mol. The smallest absolute Gasteiger partial charge is 0.225 e. The van der Waals surface area contributed by atoms with Crippen LogP contribution < -0.4 is 0 Å². The van der Waals surface area contributed by atoms with Crippen molar-refractivity contribution in [3.05, 3.63) is 30.1 Å². The number of hydrogen-bond acceptors (Lipinski definition) is 5. The van der Waals surface area contributed by atoms with Crippen LogP contribution in [0.5, 0.6) is 0 Å². The first-order chi connectivity index (χ1) is 12.3. The van der Waals surface area contributed by atoms with Gasteiger partial charge < -0.3 is 14.4 Å². The molecule has 25 heavy (non-hydrogen) atoms. The number of thioether (sulfide) groups is 1. The summed E-state index contributed by atoms with van der Waals surface area (Å²) in [5, 5.41) is 0. The zero-order chi connectivity index (χ0) is 17.1. The standard InChI is InChI=1S/C19H26N2O3S/c22-18(16-4-8-25-9-5-16)21-13-19(14-21)17(3-7-24-19)12-23-11-15-2-1-6-20-10-15/h1-2,6,10,16-17H,3-5,7-9,11-14H2/t17-/m1/s1. The lowest BCUT2D eigenvalue weighted by molar-refractivity contribution is -0.172. The van der Waals surface area contributed by atoms with E-state index < -0.39 is 0 Å². The van der Waals surface area contributed by atoms with Gasteiger partial charge in [0.1, 0.15) is 5.60 Å². The maximum Gasteiger partial charge on any atom is 0.225 e. The van der Waals surface area contributed by atoms with Crippen LogP contribution in [0.2, 0.25) is 0 Å². The van der Waals surface area contributed by atoms with Gasteiger partial charge in [0.15, 0.2) is 0 Å². The van der Waals surface area contributed by atoms with Crippen molar-refractivity contribution in [2.24, 2.45) is 11.8 Å². The van der Waals surface area contributed by atoms with Gasteiger partial charge in [0.2, 0.25) is 5.91 Å². The molecule has 0 aliphatic carbocycles. The zero-order valence-electron chi connectivity index (χ0n) is 14.6. The van der Waals surface area contributed by atoms with Gasteiger partial charge >= 0.3 is 0 Å². The summed E-state index contributed by atoms with van der Waals surface area (Å²) in [6.45, 7) is 3.55. The molecule has 1 aromatic heterocycles. The van der Waals surface area contributed by atoms with Gasteiger partial charge in [0.05, 0.1) is 26.3 Å². The lowest BCUT2D eigenvalue weighted by Crippen LogP contribution is -2.67. The van der Waals surface area contributed by atoms with E-state index in [2.05, 4.69) is 4.98 Å². The van der Waals surface area contributed by atoms with E-state index in [1.807, 2.05) is 35.0 Å². The molecule has 5 nitrogen and oxygen atoms in total. The van der Waals surface area contributed by atoms with Crippen molar-refractivity contribution < 1.29 is 14.3 Å². The maximum absolute atomic E-state index is 12.6. The summed E-state index contributed by atoms with van der Waals surface area (Å²) in [5.74, 6) is 3.21. The molecule has 0 radical (unpaired) electrons. The molecule has 4 heterocycles. The first-order valence-corrected chi connectivity index (χ1v) is 10.4. The number of ether oxygens (including phenoxy) is 2. The fraction of sp³-hybridized carbons (Fsp3) is 0.684. The van der Waals surface area contributed by atoms with E-state index >= 15 is 0 Å². The number of likely N-dealkylation sites (tertiary alicyclic amines) is 1. The Labute approximate surface area is 153 Å². The summed E-state index contributed by atoms with van der Waals surface area (Å²) in [6.07, 6.45) is 6.70. The lowest BCUT2D eigenvalue weighted by atomic mass is 9.80. The molecule has 3 aliphatic rings. The maximum atomic E-state index is 12.6. The van der Waals surface area contributed by atoms with Crippen LogP contribution in [0.15, 0.2) is 24.5 Å². The summed E-state index contributed by atoms with van der Waals surface area (Å²) in [7, 11) is 0. The third-order valence-electron chi connectivity index (χ3n) is 5.71. The zero-order valence-corrected chi connectivity index (χ0v) is 15.4. The molecule has 3 saturated heterocycles. The molecular weight excluding hydrogens is 336 g/mol. The van der Waals surface area contributed by atoms with E-state index in [9.17, 15) is 4.79 Å². The predicted octanol–water partition coefficient (Wildman–Crippen LogP) is 2.36. The van der Waals surface area contributed by atoms with Crippen LogP contribution in [0.3, 0.4) is 0 Å². The minimum absolute atomic E-state index is 0.159. The number of nitrogens with zero attached hydrogens (tertiary/aromatic N) is 2. The van der Waals surface area contributed by atoms with Crippen molar-refractivity contribution in [3.63, 3.8) is 0 Å². The molecular formula is C19H26N2O3S. The van der Waals surface area contributed by atoms with Crippen molar-refractivity contribution >= 4 is 17.7 Å². The largest absolute Gasteiger partial charge is 0.376 e. The fourth-order valence-electron chi connectivity index (χ4n) is 4.13. The van der Waals surface area contributed by atoms with Crippen molar-refractivity contribution in [2.45, 2.75) is 31.5 Å². The highest BCUT2D eigenvalue weighted by Crippen LogP contribution is 2.41. The van der Waals surface area contributed by atoms with Crippen LogP contribution in [0, 0.1) is 11.8 Å². The Morgan fingerprint density at radius 2 is 2.20 bits per heavy atom. The summed E-state index contributed by atoms with van der Waals surface area (Å²) >= 11 is 1.96. The molecule has 0 aromatic carbocycles. The van der Waals surface area contributed by atoms with Gasteiger partial charge in [-0.05, 0) is 42.4 Å². The van der Waals surface area contributed by atoms with E-state index in [1.54, 1.807) is 6.20 Å². The van der Waals surface area contributed by atoms with E-state index in [4.69, 9.17) is 9.47 Å². The highest BCUT2D eigenvalue weighted by molar-refractivity contribution is 7.99. The fourth-order valence-corrected chi connectivity index (χ4v) is 5.24. The molecule has 0 saturated carbocycles. The Bertz CT molecular complexity index is 586. The highest BCUT2D eigenvalue weighted by atomic mass is 32.2. The molecule has 4 rings (SSSR count). The van der Waals surface area contributed by atoms with Crippen LogP contribution in [0.25, 0.3) is 0 Å². The Morgan fingerprint density at radius 3 is 2.96 bits per heavy atom. The molecule has 3 aliphatic heterocycles. The lowest BCUT2D eigenvalue weighted by Gasteiger charge is -2.51. The Morgan fingerprint density at radius 1 is 1.36 bits per heavy atom. The molecule has 0 bridgehead atoms. The SMILES string of the molecule is O=C(C1CCSCC1)N1CC2(C1)OCC[C@@H]2COCc1cccnc1. The number of carbonyl (C=O) groups excluding carboxylic acids is 1. The van der Waals surface area contributed by atoms with Crippen molar-refractivity contribution in [1.82, 2.24) is 9.88 Å². The van der Waals surface area contributed by atoms with Crippen LogP contribution in [-0.4, -0.2) is 59.2 Å². The van der Waals surface area contributed by atoms with Crippen LogP contribution in [0.1, 0.15) is 24.8 Å². The molecule has 1 atom stereocenters. The number of carbonyl (C=O) groups is 1. The molecule has 1 spiro atoms. The number of pyridine rings is 1. The first-order valence-electron chi connectivity index (χ1n) is 9.24. The Balaban J connectivity index is 1.26. The van der Waals surface area contributed by atoms with Crippen molar-refractivity contribution in [2.75, 3.05) is 37.8 Å². The molecule has 1 aromatic rings. The molecule has 136 valence electrons. The molecule has 1 amide bonds. The van der Waals surface area contributed by atoms with Gasteiger partial charge in [-0.1, -0.05) is 6.07 Å². The Kier molecular flexibility index (Phi) is 5.29. The number of amides is 1. The molecule has 0 unspecified atom stereocenters. The van der Waals surface area contributed by atoms with Gasteiger partial charge in [-0.3, -0.25) is 9.78 Å². The van der Waals surface area contributed by atoms with Crippen molar-refractivity contribution in [3.8, 4) is 0 Å². The van der Waals surface area contributed by atoms with Crippen LogP contribution in [0.4, 0.5) is 0 Å². The average Bonchev–Trinajstić information content (AvgIpc) is 3.05. The van der Waals surface area contributed by atoms with Gasteiger partial charge in [0, 0.05) is 30.8 Å². The normalized spacial score (nSPS) is 25.9. The second kappa shape index (κ2) is 7.64. The van der Waals surface area contributed by atoms with Crippen LogP contribution >= 0.6 is 11.8 Å². The van der Waals surface area contributed by atoms with E-state index in [1.165, 1.54) is 0 Å². The molecule has 3 fully saturated rings. The topological polar surface area (TPSA) is 51.7 Å². The first kappa shape index (κ1) is 17.3. The second-order valence-corrected chi connectivity index (χ2v) is 8.58. The summed E-state index contributed by atoms with van der Waals surface area (Å²) in [4.78, 5) is 18.8. The summed E-state index contributed by atoms with van der Waals surface area (Å²) in [6, 6.07) is 3.96. The average molecular weight is 362 g/mol. The summed E-state index contributed by atoms with van der Waals surface area (Å²) in [5.41, 5.74) is 0.935. The summed E-state index contributed by atoms with van der Waals surface area (Å²) < 4.78 is 12.0. The Hall–Kier alpha value is -1.11. The number of aromatic nitrogens is 1. The van der Waals surface area contributed by atoms with E-state index in [-0.39, 0.29) is 11.5 Å². The quantitative estimate of drug-likeness (QED) is 0.805. The van der Waals surface area contributed by atoms with Gasteiger partial charge in [-0.15, -0.1) is 0 Å². The van der Waals surface area contributed by atoms with E-state index in [0.29, 0.717) is 25.0 Å². The van der Waals surface area contributed by atoms with Gasteiger partial charge in [0.25, 0.3) is 0 Å². The highest BCUT2D eigenvalue weighted by Gasteiger charge is 2.55. The molecule has 0 N–H and O–H groups in total. The third kappa shape index (κ3) is 3.71. The second-order valence-electron chi connectivity index (χ2n) is 7.36. The monoisotopic (exact) mass is 362 g/mol. The molecule has 6 heteroatoms. The number of hydrogen-bond donors (Lipinski definition) is 0. The third-order valence-corrected chi connectivity index (χ3v) is 6.76. The number of rotatable bonds is 5. The van der Waals surface area contributed by atoms with Crippen molar-refractivity contribution in [1.29, 1.82) is 0 Å². The minimum Gasteiger partial charge on any atom is -0.376 e. The van der Waals surface area contributed by atoms with Gasteiger partial charge in [-0.25, -0.2) is 0 Å². The van der Waals surface area contributed by atoms with Crippen LogP contribution in [-0.2, 0) is 20.9 Å². The minimum atomic E-state index is -0.159. The van der Waals surface area contributed by atoms with Gasteiger partial charge in [-0.2, -0.15) is 11.8 Å².